The molecule has 0 aliphatic carbocycles. The molecule has 1 N–H and O–H groups in total. The van der Waals surface area contributed by atoms with E-state index in [4.69, 9.17) is 4.74 Å². The van der Waals surface area contributed by atoms with Crippen molar-refractivity contribution in [3.63, 3.8) is 0 Å². The number of carbonyl (C=O) groups excluding carboxylic acids is 1. The molecule has 0 aromatic carbocycles. The topological polar surface area (TPSA) is 60.4 Å². The van der Waals surface area contributed by atoms with Gasteiger partial charge in [-0.1, -0.05) is 0 Å². The zero-order valence-corrected chi connectivity index (χ0v) is 15.6. The Morgan fingerprint density at radius 2 is 2.00 bits per heavy atom. The molecule has 0 aromatic heterocycles. The molecule has 7 heteroatoms. The van der Waals surface area contributed by atoms with E-state index in [1.54, 1.807) is 19.0 Å². The number of aliphatic imine (C=N–C) groups is 1. The van der Waals surface area contributed by atoms with Gasteiger partial charge in [-0.15, -0.1) is 0 Å². The minimum atomic E-state index is 0.0259. The van der Waals surface area contributed by atoms with Crippen LogP contribution in [0.2, 0.25) is 0 Å². The second-order valence-corrected chi connectivity index (χ2v) is 7.24. The number of guanidine groups is 1. The molecular formula is C17H33N5O2. The summed E-state index contributed by atoms with van der Waals surface area (Å²) in [7, 11) is 3.53. The minimum absolute atomic E-state index is 0.0259. The van der Waals surface area contributed by atoms with Crippen LogP contribution >= 0.6 is 0 Å². The lowest BCUT2D eigenvalue weighted by molar-refractivity contribution is -0.127. The van der Waals surface area contributed by atoms with Gasteiger partial charge in [0, 0.05) is 59.5 Å². The zero-order chi connectivity index (χ0) is 17.5. The second-order valence-electron chi connectivity index (χ2n) is 7.24. The van der Waals surface area contributed by atoms with E-state index < -0.39 is 0 Å². The Hall–Kier alpha value is -1.34. The first-order valence-corrected chi connectivity index (χ1v) is 9.02. The van der Waals surface area contributed by atoms with Crippen LogP contribution in [0.15, 0.2) is 4.99 Å². The average Bonchev–Trinajstić information content (AvgIpc) is 3.04. The van der Waals surface area contributed by atoms with Crippen molar-refractivity contribution in [2.75, 3.05) is 66.6 Å². The summed E-state index contributed by atoms with van der Waals surface area (Å²) in [6.45, 7) is 11.3. The van der Waals surface area contributed by atoms with Crippen molar-refractivity contribution in [3.05, 3.63) is 0 Å². The van der Waals surface area contributed by atoms with E-state index in [0.29, 0.717) is 12.0 Å². The van der Waals surface area contributed by atoms with Gasteiger partial charge in [-0.05, 0) is 26.2 Å². The minimum Gasteiger partial charge on any atom is -0.381 e. The van der Waals surface area contributed by atoms with Crippen LogP contribution in [0.1, 0.15) is 20.3 Å². The molecular weight excluding hydrogens is 306 g/mol. The SMILES string of the molecule is CC(C)NC(=NCC(=O)N(C)C)N1CCN(CC2CCOC2)CC1. The number of likely N-dealkylation sites (N-methyl/N-ethyl adjacent to an activating group) is 1. The second kappa shape index (κ2) is 9.22. The molecule has 24 heavy (non-hydrogen) atoms. The summed E-state index contributed by atoms with van der Waals surface area (Å²) >= 11 is 0. The Morgan fingerprint density at radius 1 is 1.29 bits per heavy atom. The van der Waals surface area contributed by atoms with Crippen LogP contribution in [0.25, 0.3) is 0 Å². The molecule has 1 amide bonds. The van der Waals surface area contributed by atoms with E-state index in [9.17, 15) is 4.79 Å². The number of nitrogens with zero attached hydrogens (tertiary/aromatic N) is 4. The maximum Gasteiger partial charge on any atom is 0.243 e. The molecule has 1 atom stereocenters. The van der Waals surface area contributed by atoms with E-state index in [0.717, 1.165) is 51.9 Å². The number of piperazine rings is 1. The number of nitrogens with one attached hydrogen (secondary N) is 1. The van der Waals surface area contributed by atoms with E-state index in [-0.39, 0.29) is 12.5 Å². The van der Waals surface area contributed by atoms with E-state index in [1.807, 2.05) is 0 Å². The molecule has 7 nitrogen and oxygen atoms in total. The number of ether oxygens (including phenoxy) is 1. The van der Waals surface area contributed by atoms with E-state index in [1.165, 1.54) is 6.42 Å². The summed E-state index contributed by atoms with van der Waals surface area (Å²) in [6, 6.07) is 0.298. The van der Waals surface area contributed by atoms with Crippen molar-refractivity contribution in [2.24, 2.45) is 10.9 Å². The lowest BCUT2D eigenvalue weighted by Crippen LogP contribution is -2.54. The van der Waals surface area contributed by atoms with Crippen LogP contribution in [-0.2, 0) is 9.53 Å². The van der Waals surface area contributed by atoms with Gasteiger partial charge in [-0.3, -0.25) is 9.69 Å². The van der Waals surface area contributed by atoms with Gasteiger partial charge in [-0.2, -0.15) is 0 Å². The van der Waals surface area contributed by atoms with Gasteiger partial charge in [-0.25, -0.2) is 4.99 Å². The predicted octanol–water partition coefficient (Wildman–Crippen LogP) is 0.0827. The number of rotatable bonds is 5. The highest BCUT2D eigenvalue weighted by atomic mass is 16.5. The van der Waals surface area contributed by atoms with Crippen LogP contribution in [0.4, 0.5) is 0 Å². The molecule has 0 spiro atoms. The van der Waals surface area contributed by atoms with Gasteiger partial charge < -0.3 is 19.9 Å². The van der Waals surface area contributed by atoms with Crippen LogP contribution < -0.4 is 5.32 Å². The first-order valence-electron chi connectivity index (χ1n) is 9.02. The zero-order valence-electron chi connectivity index (χ0n) is 15.6. The third kappa shape index (κ3) is 5.94. The Labute approximate surface area is 146 Å². The first kappa shape index (κ1) is 19.0. The van der Waals surface area contributed by atoms with Crippen molar-refractivity contribution in [2.45, 2.75) is 26.3 Å². The first-order chi connectivity index (χ1) is 11.5. The summed E-state index contributed by atoms with van der Waals surface area (Å²) in [5.74, 6) is 1.57. The molecule has 0 bridgehead atoms. The smallest absolute Gasteiger partial charge is 0.243 e. The molecule has 2 saturated heterocycles. The van der Waals surface area contributed by atoms with Crippen molar-refractivity contribution < 1.29 is 9.53 Å². The quantitative estimate of drug-likeness (QED) is 0.568. The molecule has 138 valence electrons. The Balaban J connectivity index is 1.86. The number of amides is 1. The molecule has 1 unspecified atom stereocenters. The number of hydrogen-bond donors (Lipinski definition) is 1. The highest BCUT2D eigenvalue weighted by Gasteiger charge is 2.24. The molecule has 0 radical (unpaired) electrons. The summed E-state index contributed by atoms with van der Waals surface area (Å²) in [5.41, 5.74) is 0. The van der Waals surface area contributed by atoms with Crippen molar-refractivity contribution in [1.82, 2.24) is 20.0 Å². The van der Waals surface area contributed by atoms with Crippen LogP contribution in [-0.4, -0.2) is 99.2 Å². The molecule has 0 aromatic rings. The average molecular weight is 339 g/mol. The summed E-state index contributed by atoms with van der Waals surface area (Å²) in [5, 5.41) is 3.40. The summed E-state index contributed by atoms with van der Waals surface area (Å²) in [4.78, 5) is 22.7. The van der Waals surface area contributed by atoms with Gasteiger partial charge in [0.05, 0.1) is 6.61 Å². The molecule has 2 rings (SSSR count). The normalized spacial score (nSPS) is 23.0. The van der Waals surface area contributed by atoms with Crippen LogP contribution in [0.5, 0.6) is 0 Å². The Kier molecular flexibility index (Phi) is 7.30. The lowest BCUT2D eigenvalue weighted by Gasteiger charge is -2.37. The highest BCUT2D eigenvalue weighted by molar-refractivity contribution is 5.85. The molecule has 2 fully saturated rings. The standard InChI is InChI=1S/C17H33N5O2/c1-14(2)19-17(18-11-16(23)20(3)4)22-8-6-21(7-9-22)12-15-5-10-24-13-15/h14-15H,5-13H2,1-4H3,(H,18,19). The fraction of sp³-hybridized carbons (Fsp3) is 0.882. The van der Waals surface area contributed by atoms with Crippen molar-refractivity contribution in [3.8, 4) is 0 Å². The van der Waals surface area contributed by atoms with Crippen LogP contribution in [0.3, 0.4) is 0 Å². The van der Waals surface area contributed by atoms with Gasteiger partial charge in [0.15, 0.2) is 5.96 Å². The van der Waals surface area contributed by atoms with Crippen molar-refractivity contribution >= 4 is 11.9 Å². The summed E-state index contributed by atoms with van der Waals surface area (Å²) < 4.78 is 5.47. The number of hydrogen-bond acceptors (Lipinski definition) is 4. The largest absolute Gasteiger partial charge is 0.381 e. The van der Waals surface area contributed by atoms with Gasteiger partial charge in [0.2, 0.25) is 5.91 Å². The maximum atomic E-state index is 11.8. The Morgan fingerprint density at radius 3 is 2.54 bits per heavy atom. The van der Waals surface area contributed by atoms with Gasteiger partial charge in [0.1, 0.15) is 6.54 Å². The van der Waals surface area contributed by atoms with Gasteiger partial charge >= 0.3 is 0 Å². The Bertz CT molecular complexity index is 425. The fourth-order valence-corrected chi connectivity index (χ4v) is 3.01. The van der Waals surface area contributed by atoms with Gasteiger partial charge in [0.25, 0.3) is 0 Å². The van der Waals surface area contributed by atoms with E-state index in [2.05, 4.69) is 34.0 Å². The third-order valence-electron chi connectivity index (χ3n) is 4.49. The third-order valence-corrected chi connectivity index (χ3v) is 4.49. The lowest BCUT2D eigenvalue weighted by atomic mass is 10.1. The fourth-order valence-electron chi connectivity index (χ4n) is 3.01. The summed E-state index contributed by atoms with van der Waals surface area (Å²) in [6.07, 6.45) is 1.19. The molecule has 0 saturated carbocycles. The molecule has 2 aliphatic heterocycles. The maximum absolute atomic E-state index is 11.8. The monoisotopic (exact) mass is 339 g/mol. The number of carbonyl (C=O) groups is 1. The van der Waals surface area contributed by atoms with E-state index >= 15 is 0 Å². The molecule has 2 heterocycles. The molecule has 2 aliphatic rings. The highest BCUT2D eigenvalue weighted by Crippen LogP contribution is 2.15. The predicted molar refractivity (Wildman–Crippen MR) is 96.2 cm³/mol. The van der Waals surface area contributed by atoms with Crippen LogP contribution in [0, 0.1) is 5.92 Å². The van der Waals surface area contributed by atoms with Crippen molar-refractivity contribution in [1.29, 1.82) is 0 Å².